The van der Waals surface area contributed by atoms with Crippen molar-refractivity contribution in [3.63, 3.8) is 0 Å². The average Bonchev–Trinajstić information content (AvgIpc) is 2.59. The van der Waals surface area contributed by atoms with Crippen molar-refractivity contribution in [1.82, 2.24) is 14.3 Å². The van der Waals surface area contributed by atoms with Crippen molar-refractivity contribution in [1.29, 1.82) is 0 Å². The van der Waals surface area contributed by atoms with E-state index in [1.165, 1.54) is 10.4 Å². The fourth-order valence-corrected chi connectivity index (χ4v) is 4.01. The van der Waals surface area contributed by atoms with E-state index >= 15 is 0 Å². The van der Waals surface area contributed by atoms with Crippen molar-refractivity contribution >= 4 is 32.6 Å². The smallest absolute Gasteiger partial charge is 0.277 e. The lowest BCUT2D eigenvalue weighted by atomic mass is 10.0. The molecule has 0 atom stereocenters. The Hall–Kier alpha value is -2.75. The van der Waals surface area contributed by atoms with Crippen LogP contribution in [0.15, 0.2) is 41.2 Å². The lowest BCUT2D eigenvalue weighted by Crippen LogP contribution is -2.40. The van der Waals surface area contributed by atoms with Gasteiger partial charge in [0.05, 0.1) is 5.69 Å². The van der Waals surface area contributed by atoms with Crippen LogP contribution in [-0.4, -0.2) is 29.2 Å². The van der Waals surface area contributed by atoms with Gasteiger partial charge in [-0.1, -0.05) is 6.07 Å². The van der Waals surface area contributed by atoms with Gasteiger partial charge in [-0.25, -0.2) is 10.1 Å². The predicted molar refractivity (Wildman–Crippen MR) is 104 cm³/mol. The number of rotatable bonds is 3. The summed E-state index contributed by atoms with van der Waals surface area (Å²) >= 11 is 0. The second kappa shape index (κ2) is 6.45. The van der Waals surface area contributed by atoms with Gasteiger partial charge < -0.3 is 10.3 Å². The van der Waals surface area contributed by atoms with E-state index in [2.05, 4.69) is 15.3 Å². The average molecular weight is 385 g/mol. The first kappa shape index (κ1) is 17.7. The largest absolute Gasteiger partial charge is 0.355 e. The molecule has 0 amide bonds. The van der Waals surface area contributed by atoms with Gasteiger partial charge in [0.15, 0.2) is 0 Å². The Bertz CT molecular complexity index is 1200. The van der Waals surface area contributed by atoms with E-state index in [0.29, 0.717) is 18.6 Å². The monoisotopic (exact) mass is 385 g/mol. The van der Waals surface area contributed by atoms with Crippen molar-refractivity contribution in [2.45, 2.75) is 19.9 Å². The fraction of sp³-hybridized carbons (Fsp3) is 0.222. The highest BCUT2D eigenvalue weighted by molar-refractivity contribution is 7.86. The zero-order valence-electron chi connectivity index (χ0n) is 14.7. The summed E-state index contributed by atoms with van der Waals surface area (Å²) in [5.74, 6) is 0. The Morgan fingerprint density at radius 3 is 2.78 bits per heavy atom. The highest BCUT2D eigenvalue weighted by Gasteiger charge is 2.23. The van der Waals surface area contributed by atoms with Gasteiger partial charge in [0.1, 0.15) is 5.65 Å². The Kier molecular flexibility index (Phi) is 4.22. The Balaban J connectivity index is 1.71. The molecule has 0 radical (unpaired) electrons. The first-order valence-corrected chi connectivity index (χ1v) is 9.97. The maximum atomic E-state index is 11.6. The van der Waals surface area contributed by atoms with Crippen LogP contribution < -0.4 is 16.0 Å². The molecule has 3 aromatic rings. The van der Waals surface area contributed by atoms with Crippen LogP contribution in [0.3, 0.4) is 0 Å². The minimum absolute atomic E-state index is 0.205. The summed E-state index contributed by atoms with van der Waals surface area (Å²) in [6.07, 6.45) is 0.630. The molecule has 2 aromatic heterocycles. The second-order valence-corrected chi connectivity index (χ2v) is 8.18. The summed E-state index contributed by atoms with van der Waals surface area (Å²) in [5, 5.41) is 9.41. The number of aryl methyl sites for hydroxylation is 1. The molecule has 0 saturated carbocycles. The Labute approximate surface area is 156 Å². The molecule has 9 heteroatoms. The molecule has 0 fully saturated rings. The van der Waals surface area contributed by atoms with Gasteiger partial charge in [-0.15, -0.1) is 0 Å². The van der Waals surface area contributed by atoms with E-state index in [4.69, 9.17) is 5.14 Å². The van der Waals surface area contributed by atoms with Crippen molar-refractivity contribution in [2.75, 3.05) is 11.9 Å². The van der Waals surface area contributed by atoms with Crippen molar-refractivity contribution in [3.8, 4) is 0 Å². The highest BCUT2D eigenvalue weighted by Crippen LogP contribution is 2.28. The molecule has 0 bridgehead atoms. The number of H-pyrrole nitrogens is 1. The molecule has 4 N–H and O–H groups in total. The predicted octanol–water partition coefficient (Wildman–Crippen LogP) is 1.54. The van der Waals surface area contributed by atoms with Crippen LogP contribution in [0.4, 0.5) is 11.4 Å². The normalized spacial score (nSPS) is 14.9. The van der Waals surface area contributed by atoms with Crippen LogP contribution in [0.25, 0.3) is 11.0 Å². The summed E-state index contributed by atoms with van der Waals surface area (Å²) in [7, 11) is -3.71. The Morgan fingerprint density at radius 2 is 2.00 bits per heavy atom. The summed E-state index contributed by atoms with van der Waals surface area (Å²) in [6, 6.07) is 11.0. The number of anilines is 2. The summed E-state index contributed by atoms with van der Waals surface area (Å²) in [6.45, 7) is 2.50. The van der Waals surface area contributed by atoms with Crippen LogP contribution in [0.1, 0.15) is 16.8 Å². The molecular weight excluding hydrogens is 366 g/mol. The maximum absolute atomic E-state index is 11.6. The number of pyridine rings is 2. The maximum Gasteiger partial charge on any atom is 0.277 e. The number of aromatic amines is 1. The van der Waals surface area contributed by atoms with Gasteiger partial charge in [-0.2, -0.15) is 12.7 Å². The minimum atomic E-state index is -3.71. The van der Waals surface area contributed by atoms with E-state index < -0.39 is 10.2 Å². The SMILES string of the molecule is Cc1cc(Nc2ccc3c(c2)CN(S(N)(=O)=O)CC3)c2ccc(=O)[nH]c2n1. The third-order valence-electron chi connectivity index (χ3n) is 4.65. The topological polar surface area (TPSA) is 121 Å². The minimum Gasteiger partial charge on any atom is -0.355 e. The van der Waals surface area contributed by atoms with Gasteiger partial charge in [0.25, 0.3) is 10.2 Å². The zero-order chi connectivity index (χ0) is 19.2. The third kappa shape index (κ3) is 3.57. The molecule has 0 unspecified atom stereocenters. The van der Waals surface area contributed by atoms with Gasteiger partial charge in [0, 0.05) is 35.9 Å². The van der Waals surface area contributed by atoms with Crippen LogP contribution in [0, 0.1) is 6.92 Å². The summed E-state index contributed by atoms with van der Waals surface area (Å²) in [5.41, 5.74) is 4.75. The molecule has 0 aliphatic carbocycles. The first-order chi connectivity index (χ1) is 12.8. The number of hydrogen-bond acceptors (Lipinski definition) is 5. The van der Waals surface area contributed by atoms with Crippen molar-refractivity contribution < 1.29 is 8.42 Å². The van der Waals surface area contributed by atoms with Crippen LogP contribution >= 0.6 is 0 Å². The highest BCUT2D eigenvalue weighted by atomic mass is 32.2. The standard InChI is InChI=1S/C18H19N5O3S/c1-11-8-16(15-4-5-17(24)22-18(15)20-11)21-14-3-2-12-6-7-23(27(19,25)26)10-13(12)9-14/h2-5,8-9H,6-7,10H2,1H3,(H2,19,25,26)(H2,20,21,22,24). The molecule has 8 nitrogen and oxygen atoms in total. The molecule has 140 valence electrons. The summed E-state index contributed by atoms with van der Waals surface area (Å²) in [4.78, 5) is 18.7. The van der Waals surface area contributed by atoms with Gasteiger partial charge in [-0.3, -0.25) is 4.79 Å². The third-order valence-corrected chi connectivity index (χ3v) is 5.68. The van der Waals surface area contributed by atoms with Crippen molar-refractivity contribution in [2.24, 2.45) is 5.14 Å². The molecule has 1 aliphatic heterocycles. The zero-order valence-corrected chi connectivity index (χ0v) is 15.5. The van der Waals surface area contributed by atoms with Crippen molar-refractivity contribution in [3.05, 3.63) is 63.6 Å². The lowest BCUT2D eigenvalue weighted by molar-refractivity contribution is 0.392. The molecular formula is C18H19N5O3S. The molecule has 1 aliphatic rings. The number of nitrogens with zero attached hydrogens (tertiary/aromatic N) is 2. The molecule has 3 heterocycles. The van der Waals surface area contributed by atoms with Crippen LogP contribution in [0.5, 0.6) is 0 Å². The van der Waals surface area contributed by atoms with E-state index in [-0.39, 0.29) is 12.1 Å². The number of nitrogens with two attached hydrogens (primary N) is 1. The van der Waals surface area contributed by atoms with Gasteiger partial charge in [0.2, 0.25) is 5.56 Å². The second-order valence-electron chi connectivity index (χ2n) is 6.63. The van der Waals surface area contributed by atoms with Gasteiger partial charge in [-0.05, 0) is 48.7 Å². The molecule has 1 aromatic carbocycles. The molecule has 0 spiro atoms. The van der Waals surface area contributed by atoms with E-state index in [9.17, 15) is 13.2 Å². The Morgan fingerprint density at radius 1 is 1.19 bits per heavy atom. The number of nitrogens with one attached hydrogen (secondary N) is 2. The fourth-order valence-electron chi connectivity index (χ4n) is 3.35. The van der Waals surface area contributed by atoms with Crippen LogP contribution in [-0.2, 0) is 23.2 Å². The lowest BCUT2D eigenvalue weighted by Gasteiger charge is -2.26. The molecule has 27 heavy (non-hydrogen) atoms. The molecule has 4 rings (SSSR count). The van der Waals surface area contributed by atoms with Crippen LogP contribution in [0.2, 0.25) is 0 Å². The quantitative estimate of drug-likeness (QED) is 0.631. The number of fused-ring (bicyclic) bond motifs is 2. The number of benzene rings is 1. The summed E-state index contributed by atoms with van der Waals surface area (Å²) < 4.78 is 24.5. The van der Waals surface area contributed by atoms with E-state index in [1.807, 2.05) is 31.2 Å². The van der Waals surface area contributed by atoms with E-state index in [0.717, 1.165) is 33.6 Å². The van der Waals surface area contributed by atoms with E-state index in [1.54, 1.807) is 6.07 Å². The number of aromatic nitrogens is 2. The number of hydrogen-bond donors (Lipinski definition) is 3. The molecule has 0 saturated heterocycles. The van der Waals surface area contributed by atoms with Gasteiger partial charge >= 0.3 is 0 Å². The first-order valence-electron chi connectivity index (χ1n) is 8.47.